The predicted molar refractivity (Wildman–Crippen MR) is 102 cm³/mol. The maximum absolute atomic E-state index is 12.7. The Balaban J connectivity index is 1.91. The molecule has 138 valence electrons. The van der Waals surface area contributed by atoms with Gasteiger partial charge < -0.3 is 10.8 Å². The molecule has 6 nitrogen and oxygen atoms in total. The normalized spacial score (nSPS) is 19.4. The molecule has 1 amide bonds. The summed E-state index contributed by atoms with van der Waals surface area (Å²) < 4.78 is 0. The fraction of sp³-hybridized carbons (Fsp3) is 0.421. The fourth-order valence-electron chi connectivity index (χ4n) is 3.63. The van der Waals surface area contributed by atoms with E-state index < -0.39 is 5.97 Å². The van der Waals surface area contributed by atoms with E-state index in [0.717, 1.165) is 24.9 Å². The summed E-state index contributed by atoms with van der Waals surface area (Å²) in [5.41, 5.74) is 8.20. The van der Waals surface area contributed by atoms with Gasteiger partial charge in [0, 0.05) is 29.4 Å². The lowest BCUT2D eigenvalue weighted by Gasteiger charge is -2.31. The van der Waals surface area contributed by atoms with E-state index in [0.29, 0.717) is 17.2 Å². The van der Waals surface area contributed by atoms with E-state index in [4.69, 9.17) is 10.8 Å². The minimum atomic E-state index is -0.921. The largest absolute Gasteiger partial charge is 0.481 e. The molecule has 7 heteroatoms. The summed E-state index contributed by atoms with van der Waals surface area (Å²) in [6.07, 6.45) is 3.22. The average Bonchev–Trinajstić information content (AvgIpc) is 3.25. The first-order valence-corrected chi connectivity index (χ1v) is 9.71. The van der Waals surface area contributed by atoms with E-state index in [-0.39, 0.29) is 24.3 Å². The van der Waals surface area contributed by atoms with Crippen molar-refractivity contribution in [1.29, 1.82) is 0 Å². The number of nitrogen functional groups attached to an aromatic ring is 1. The molecule has 1 aromatic heterocycles. The van der Waals surface area contributed by atoms with E-state index in [1.807, 2.05) is 31.2 Å². The van der Waals surface area contributed by atoms with Crippen LogP contribution in [0.5, 0.6) is 0 Å². The third-order valence-corrected chi connectivity index (χ3v) is 5.71. The highest BCUT2D eigenvalue weighted by molar-refractivity contribution is 7.14. The molecule has 3 N–H and O–H groups in total. The number of amides is 1. The maximum atomic E-state index is 12.7. The average molecular weight is 373 g/mol. The minimum Gasteiger partial charge on any atom is -0.481 e. The molecule has 1 aromatic carbocycles. The second kappa shape index (κ2) is 7.86. The molecular formula is C19H23N3O3S. The number of carbonyl (C=O) groups is 2. The molecule has 1 saturated carbocycles. The van der Waals surface area contributed by atoms with Gasteiger partial charge in [0.25, 0.3) is 0 Å². The van der Waals surface area contributed by atoms with Crippen molar-refractivity contribution >= 4 is 34.0 Å². The number of carboxylic acids is 1. The van der Waals surface area contributed by atoms with Gasteiger partial charge in [-0.15, -0.1) is 11.3 Å². The van der Waals surface area contributed by atoms with Gasteiger partial charge >= 0.3 is 5.97 Å². The van der Waals surface area contributed by atoms with E-state index in [1.165, 1.54) is 16.9 Å². The zero-order valence-electron chi connectivity index (χ0n) is 14.7. The zero-order chi connectivity index (χ0) is 18.7. The molecule has 0 radical (unpaired) electrons. The number of aromatic nitrogens is 1. The van der Waals surface area contributed by atoms with Crippen LogP contribution in [0.25, 0.3) is 0 Å². The van der Waals surface area contributed by atoms with Crippen molar-refractivity contribution < 1.29 is 14.7 Å². The number of carbonyl (C=O) groups excluding carboxylic acids is 1. The van der Waals surface area contributed by atoms with Crippen LogP contribution < -0.4 is 10.6 Å². The van der Waals surface area contributed by atoms with Gasteiger partial charge in [0.05, 0.1) is 12.1 Å². The summed E-state index contributed by atoms with van der Waals surface area (Å²) in [4.78, 5) is 29.9. The number of nitrogens with two attached hydrogens (primary N) is 1. The number of nitrogens with zero attached hydrogens (tertiary/aromatic N) is 2. The van der Waals surface area contributed by atoms with Crippen molar-refractivity contribution in [3.05, 3.63) is 40.9 Å². The molecule has 2 atom stereocenters. The molecule has 2 unspecified atom stereocenters. The first kappa shape index (κ1) is 18.4. The topological polar surface area (TPSA) is 96.5 Å². The zero-order valence-corrected chi connectivity index (χ0v) is 15.5. The molecule has 1 aliphatic rings. The summed E-state index contributed by atoms with van der Waals surface area (Å²) in [6, 6.07) is 7.89. The van der Waals surface area contributed by atoms with E-state index in [9.17, 15) is 9.59 Å². The maximum Gasteiger partial charge on any atom is 0.309 e. The first-order chi connectivity index (χ1) is 12.5. The predicted octanol–water partition coefficient (Wildman–Crippen LogP) is 3.43. The van der Waals surface area contributed by atoms with Gasteiger partial charge in [-0.3, -0.25) is 14.5 Å². The highest BCUT2D eigenvalue weighted by Gasteiger charge is 2.37. The fourth-order valence-corrected chi connectivity index (χ4v) is 4.53. The van der Waals surface area contributed by atoms with E-state index in [2.05, 4.69) is 4.98 Å². The quantitative estimate of drug-likeness (QED) is 0.756. The number of rotatable bonds is 6. The Morgan fingerprint density at radius 2 is 2.04 bits per heavy atom. The number of carboxylic acid groups (broad SMARTS) is 1. The van der Waals surface area contributed by atoms with Crippen molar-refractivity contribution in [3.8, 4) is 0 Å². The first-order valence-electron chi connectivity index (χ1n) is 8.83. The van der Waals surface area contributed by atoms with Crippen molar-refractivity contribution in [2.45, 2.75) is 51.0 Å². The van der Waals surface area contributed by atoms with Gasteiger partial charge in [-0.1, -0.05) is 25.5 Å². The molecule has 0 aliphatic heterocycles. The Morgan fingerprint density at radius 3 is 2.69 bits per heavy atom. The molecular weight excluding hydrogens is 350 g/mol. The van der Waals surface area contributed by atoms with Crippen LogP contribution in [0.2, 0.25) is 0 Å². The van der Waals surface area contributed by atoms with Gasteiger partial charge in [-0.05, 0) is 30.5 Å². The van der Waals surface area contributed by atoms with Gasteiger partial charge in [-0.2, -0.15) is 0 Å². The number of hydrogen-bond donors (Lipinski definition) is 2. The number of hydrogen-bond acceptors (Lipinski definition) is 5. The Morgan fingerprint density at radius 1 is 1.31 bits per heavy atom. The van der Waals surface area contributed by atoms with Crippen LogP contribution >= 0.6 is 11.3 Å². The molecule has 0 bridgehead atoms. The summed E-state index contributed by atoms with van der Waals surface area (Å²) in [5, 5.41) is 11.3. The monoisotopic (exact) mass is 373 g/mol. The molecule has 2 aromatic rings. The second-order valence-electron chi connectivity index (χ2n) is 6.58. The molecule has 0 saturated heterocycles. The SMILES string of the molecule is CCC(=O)N(c1nc(CC(=O)O)cs1)C1CCCC1c1ccc(N)cc1. The van der Waals surface area contributed by atoms with E-state index >= 15 is 0 Å². The van der Waals surface area contributed by atoms with Gasteiger partial charge in [-0.25, -0.2) is 4.98 Å². The third-order valence-electron chi connectivity index (χ3n) is 4.82. The van der Waals surface area contributed by atoms with Crippen LogP contribution in [0.1, 0.15) is 49.8 Å². The second-order valence-corrected chi connectivity index (χ2v) is 7.42. The molecule has 1 heterocycles. The Labute approximate surface area is 156 Å². The van der Waals surface area contributed by atoms with Crippen molar-refractivity contribution in [2.24, 2.45) is 0 Å². The number of aliphatic carboxylic acids is 1. The van der Waals surface area contributed by atoms with Crippen LogP contribution in [-0.4, -0.2) is 28.0 Å². The van der Waals surface area contributed by atoms with Crippen LogP contribution in [0.3, 0.4) is 0 Å². The van der Waals surface area contributed by atoms with E-state index in [1.54, 1.807) is 10.3 Å². The summed E-state index contributed by atoms with van der Waals surface area (Å²) in [5.74, 6) is -0.665. The lowest BCUT2D eigenvalue weighted by molar-refractivity contribution is -0.136. The summed E-state index contributed by atoms with van der Waals surface area (Å²) in [7, 11) is 0. The van der Waals surface area contributed by atoms with Crippen LogP contribution in [0.4, 0.5) is 10.8 Å². The van der Waals surface area contributed by atoms with Gasteiger partial charge in [0.2, 0.25) is 5.91 Å². The Bertz CT molecular complexity index is 788. The number of benzene rings is 1. The molecule has 1 aliphatic carbocycles. The van der Waals surface area contributed by atoms with Crippen LogP contribution in [0.15, 0.2) is 29.6 Å². The smallest absolute Gasteiger partial charge is 0.309 e. The Hall–Kier alpha value is -2.41. The lowest BCUT2D eigenvalue weighted by atomic mass is 9.93. The minimum absolute atomic E-state index is 0.0218. The van der Waals surface area contributed by atoms with Gasteiger partial charge in [0.1, 0.15) is 0 Å². The molecule has 26 heavy (non-hydrogen) atoms. The van der Waals surface area contributed by atoms with Gasteiger partial charge in [0.15, 0.2) is 5.13 Å². The van der Waals surface area contributed by atoms with Crippen LogP contribution in [-0.2, 0) is 16.0 Å². The molecule has 3 rings (SSSR count). The van der Waals surface area contributed by atoms with Crippen LogP contribution in [0, 0.1) is 0 Å². The highest BCUT2D eigenvalue weighted by Crippen LogP contribution is 2.40. The number of anilines is 2. The Kier molecular flexibility index (Phi) is 5.56. The molecule has 0 spiro atoms. The summed E-state index contributed by atoms with van der Waals surface area (Å²) >= 11 is 1.34. The van der Waals surface area contributed by atoms with Crippen molar-refractivity contribution in [2.75, 3.05) is 10.6 Å². The van der Waals surface area contributed by atoms with Crippen molar-refractivity contribution in [3.63, 3.8) is 0 Å². The standard InChI is InChI=1S/C19H23N3O3S/c1-2-17(23)22(19-21-14(11-26-19)10-18(24)25)16-5-3-4-15(16)12-6-8-13(20)9-7-12/h6-9,11,15-16H,2-5,10,20H2,1H3,(H,24,25). The number of thiazole rings is 1. The third kappa shape index (κ3) is 3.88. The lowest BCUT2D eigenvalue weighted by Crippen LogP contribution is -2.41. The summed E-state index contributed by atoms with van der Waals surface area (Å²) in [6.45, 7) is 1.84. The van der Waals surface area contributed by atoms with Crippen molar-refractivity contribution in [1.82, 2.24) is 4.98 Å². The molecule has 1 fully saturated rings. The highest BCUT2D eigenvalue weighted by atomic mass is 32.1.